The van der Waals surface area contributed by atoms with Crippen molar-refractivity contribution in [2.75, 3.05) is 51.5 Å². The van der Waals surface area contributed by atoms with E-state index >= 15 is 0 Å². The lowest BCUT2D eigenvalue weighted by Gasteiger charge is -2.42. The van der Waals surface area contributed by atoms with Gasteiger partial charge in [0, 0.05) is 68.1 Å². The van der Waals surface area contributed by atoms with Gasteiger partial charge >= 0.3 is 12.1 Å². The standard InChI is InChI=1S/C29H42N4O7/c1-5-6-13-39-29(35)32-17-23-8-9-24(18-32)33(23)22-10-11-30-26(16-22)38-14-7-12-37-19-20(2)27(28(34)36-4)25-15-21(3)31-40-25/h10-11,15-16,20,23-24,27H,5-9,12-14,17-19H2,1-4H3. The molecule has 11 heteroatoms. The van der Waals surface area contributed by atoms with Gasteiger partial charge in [0.15, 0.2) is 5.76 Å². The summed E-state index contributed by atoms with van der Waals surface area (Å²) in [5.41, 5.74) is 1.78. The van der Waals surface area contributed by atoms with Crippen LogP contribution in [0.4, 0.5) is 10.5 Å². The van der Waals surface area contributed by atoms with Crippen molar-refractivity contribution in [2.45, 2.75) is 70.9 Å². The number of hydrogen-bond donors (Lipinski definition) is 0. The fraction of sp³-hybridized carbons (Fsp3) is 0.655. The number of likely N-dealkylation sites (tertiary alicyclic amines) is 1. The molecule has 2 aliphatic heterocycles. The molecule has 2 aromatic heterocycles. The Morgan fingerprint density at radius 2 is 1.90 bits per heavy atom. The van der Waals surface area contributed by atoms with Crippen molar-refractivity contribution in [3.05, 3.63) is 35.9 Å². The molecule has 2 fully saturated rings. The van der Waals surface area contributed by atoms with Crippen molar-refractivity contribution in [3.63, 3.8) is 0 Å². The Kier molecular flexibility index (Phi) is 10.6. The van der Waals surface area contributed by atoms with Crippen molar-refractivity contribution in [2.24, 2.45) is 5.92 Å². The van der Waals surface area contributed by atoms with Crippen LogP contribution in [0.25, 0.3) is 0 Å². The predicted octanol–water partition coefficient (Wildman–Crippen LogP) is 4.35. The summed E-state index contributed by atoms with van der Waals surface area (Å²) in [7, 11) is 1.36. The van der Waals surface area contributed by atoms with Gasteiger partial charge in [0.1, 0.15) is 5.92 Å². The molecule has 0 aromatic carbocycles. The van der Waals surface area contributed by atoms with Gasteiger partial charge in [-0.2, -0.15) is 0 Å². The van der Waals surface area contributed by atoms with Crippen molar-refractivity contribution < 1.29 is 33.1 Å². The first kappa shape index (κ1) is 29.6. The highest BCUT2D eigenvalue weighted by Crippen LogP contribution is 2.36. The average Bonchev–Trinajstić information content (AvgIpc) is 3.49. The zero-order chi connectivity index (χ0) is 28.5. The SMILES string of the molecule is CCCCOC(=O)N1CC2CCC(C1)N2c1ccnc(OCCCOCC(C)C(C(=O)OC)c2cc(C)no2)c1. The molecule has 0 aliphatic carbocycles. The first-order valence-electron chi connectivity index (χ1n) is 14.3. The number of aromatic nitrogens is 2. The third kappa shape index (κ3) is 7.44. The number of nitrogens with zero attached hydrogens (tertiary/aromatic N) is 4. The van der Waals surface area contributed by atoms with E-state index < -0.39 is 5.92 Å². The van der Waals surface area contributed by atoms with E-state index in [1.54, 1.807) is 12.3 Å². The van der Waals surface area contributed by atoms with Crippen LogP contribution < -0.4 is 9.64 Å². The molecule has 1 amide bonds. The predicted molar refractivity (Wildman–Crippen MR) is 147 cm³/mol. The molecule has 0 radical (unpaired) electrons. The number of aryl methyl sites for hydroxylation is 1. The Morgan fingerprint density at radius 3 is 2.58 bits per heavy atom. The van der Waals surface area contributed by atoms with Crippen LogP contribution in [0.2, 0.25) is 0 Å². The van der Waals surface area contributed by atoms with Gasteiger partial charge in [-0.15, -0.1) is 0 Å². The van der Waals surface area contributed by atoms with Gasteiger partial charge in [-0.1, -0.05) is 25.4 Å². The van der Waals surface area contributed by atoms with E-state index in [-0.39, 0.29) is 30.1 Å². The largest absolute Gasteiger partial charge is 0.478 e. The van der Waals surface area contributed by atoms with Crippen LogP contribution in [0.3, 0.4) is 0 Å². The third-order valence-corrected chi connectivity index (χ3v) is 7.52. The third-order valence-electron chi connectivity index (χ3n) is 7.52. The van der Waals surface area contributed by atoms with Gasteiger partial charge in [0.05, 0.1) is 32.6 Å². The van der Waals surface area contributed by atoms with Crippen molar-refractivity contribution in [1.82, 2.24) is 15.0 Å². The number of carbonyl (C=O) groups is 2. The molecule has 0 N–H and O–H groups in total. The molecular weight excluding hydrogens is 516 g/mol. The number of ether oxygens (including phenoxy) is 4. The van der Waals surface area contributed by atoms with Gasteiger partial charge in [0.25, 0.3) is 0 Å². The zero-order valence-corrected chi connectivity index (χ0v) is 24.0. The second-order valence-corrected chi connectivity index (χ2v) is 10.6. The van der Waals surface area contributed by atoms with E-state index in [0.717, 1.165) is 31.4 Å². The molecule has 2 aliphatic rings. The van der Waals surface area contributed by atoms with E-state index in [0.29, 0.717) is 63.3 Å². The molecule has 11 nitrogen and oxygen atoms in total. The van der Waals surface area contributed by atoms with Crippen molar-refractivity contribution in [3.8, 4) is 5.88 Å². The first-order chi connectivity index (χ1) is 19.4. The molecule has 4 unspecified atom stereocenters. The smallest absolute Gasteiger partial charge is 0.409 e. The van der Waals surface area contributed by atoms with Crippen LogP contribution in [-0.4, -0.2) is 85.8 Å². The molecule has 2 bridgehead atoms. The maximum atomic E-state index is 12.5. The van der Waals surface area contributed by atoms with Crippen LogP contribution in [0.15, 0.2) is 28.9 Å². The topological polar surface area (TPSA) is 116 Å². The summed E-state index contributed by atoms with van der Waals surface area (Å²) < 4.78 is 27.5. The lowest BCUT2D eigenvalue weighted by atomic mass is 9.92. The summed E-state index contributed by atoms with van der Waals surface area (Å²) in [5, 5.41) is 3.89. The van der Waals surface area contributed by atoms with E-state index in [9.17, 15) is 9.59 Å². The maximum Gasteiger partial charge on any atom is 0.409 e. The van der Waals surface area contributed by atoms with Gasteiger partial charge in [0.2, 0.25) is 5.88 Å². The minimum absolute atomic E-state index is 0.145. The molecule has 40 heavy (non-hydrogen) atoms. The number of anilines is 1. The summed E-state index contributed by atoms with van der Waals surface area (Å²) >= 11 is 0. The van der Waals surface area contributed by atoms with Gasteiger partial charge in [-0.05, 0) is 32.3 Å². The number of carbonyl (C=O) groups excluding carboxylic acids is 2. The fourth-order valence-corrected chi connectivity index (χ4v) is 5.50. The Bertz CT molecular complexity index is 1100. The van der Waals surface area contributed by atoms with Crippen LogP contribution in [0.1, 0.15) is 63.3 Å². The van der Waals surface area contributed by atoms with Crippen LogP contribution in [-0.2, 0) is 19.0 Å². The molecule has 4 rings (SSSR count). The summed E-state index contributed by atoms with van der Waals surface area (Å²) in [6.07, 6.45) is 6.23. The monoisotopic (exact) mass is 558 g/mol. The molecule has 0 spiro atoms. The number of unbranched alkanes of at least 4 members (excludes halogenated alkanes) is 1. The zero-order valence-electron chi connectivity index (χ0n) is 24.0. The van der Waals surface area contributed by atoms with E-state index in [2.05, 4.69) is 22.0 Å². The molecule has 2 saturated heterocycles. The van der Waals surface area contributed by atoms with Gasteiger partial charge in [-0.3, -0.25) is 4.79 Å². The van der Waals surface area contributed by atoms with Gasteiger partial charge in [-0.25, -0.2) is 9.78 Å². The lowest BCUT2D eigenvalue weighted by molar-refractivity contribution is -0.145. The number of fused-ring (bicyclic) bond motifs is 2. The molecule has 4 atom stereocenters. The number of esters is 1. The van der Waals surface area contributed by atoms with Gasteiger partial charge < -0.3 is 33.3 Å². The number of piperazine rings is 1. The molecule has 0 saturated carbocycles. The molecular formula is C29H42N4O7. The van der Waals surface area contributed by atoms with E-state index in [1.165, 1.54) is 7.11 Å². The molecule has 2 aromatic rings. The Hall–Kier alpha value is -3.34. The Morgan fingerprint density at radius 1 is 1.12 bits per heavy atom. The second-order valence-electron chi connectivity index (χ2n) is 10.6. The van der Waals surface area contributed by atoms with Crippen LogP contribution in [0, 0.1) is 12.8 Å². The number of pyridine rings is 1. The number of amides is 1. The Balaban J connectivity index is 1.21. The van der Waals surface area contributed by atoms with Crippen LogP contribution >= 0.6 is 0 Å². The van der Waals surface area contributed by atoms with E-state index in [1.807, 2.05) is 30.9 Å². The normalized spacial score (nSPS) is 19.8. The summed E-state index contributed by atoms with van der Waals surface area (Å²) in [6.45, 7) is 8.94. The first-order valence-corrected chi connectivity index (χ1v) is 14.3. The Labute approximate surface area is 236 Å². The summed E-state index contributed by atoms with van der Waals surface area (Å²) in [5.74, 6) is -0.0377. The highest BCUT2D eigenvalue weighted by atomic mass is 16.6. The molecule has 220 valence electrons. The highest BCUT2D eigenvalue weighted by molar-refractivity contribution is 5.77. The lowest BCUT2D eigenvalue weighted by Crippen LogP contribution is -2.55. The fourth-order valence-electron chi connectivity index (χ4n) is 5.50. The minimum Gasteiger partial charge on any atom is -0.478 e. The summed E-state index contributed by atoms with van der Waals surface area (Å²) in [4.78, 5) is 33.4. The number of methoxy groups -OCH3 is 1. The van der Waals surface area contributed by atoms with Crippen molar-refractivity contribution >= 4 is 17.7 Å². The number of rotatable bonds is 14. The second kappa shape index (κ2) is 14.3. The van der Waals surface area contributed by atoms with Crippen molar-refractivity contribution in [1.29, 1.82) is 0 Å². The highest BCUT2D eigenvalue weighted by Gasteiger charge is 2.42. The summed E-state index contributed by atoms with van der Waals surface area (Å²) in [6, 6.07) is 6.26. The number of hydrogen-bond acceptors (Lipinski definition) is 10. The van der Waals surface area contributed by atoms with E-state index in [4.69, 9.17) is 23.5 Å². The van der Waals surface area contributed by atoms with Crippen LogP contribution in [0.5, 0.6) is 5.88 Å². The molecule has 4 heterocycles. The minimum atomic E-state index is -0.571. The quantitative estimate of drug-likeness (QED) is 0.245. The average molecular weight is 559 g/mol. The maximum absolute atomic E-state index is 12.5.